The first-order valence-electron chi connectivity index (χ1n) is 6.75. The molecule has 1 heterocycles. The molecule has 0 aliphatic carbocycles. The van der Waals surface area contributed by atoms with Crippen LogP contribution in [0.4, 0.5) is 0 Å². The lowest BCUT2D eigenvalue weighted by atomic mass is 9.99. The van der Waals surface area contributed by atoms with E-state index >= 15 is 0 Å². The van der Waals surface area contributed by atoms with Gasteiger partial charge in [-0.3, -0.25) is 4.90 Å². The molecule has 1 N–H and O–H groups in total. The fourth-order valence-electron chi connectivity index (χ4n) is 2.82. The van der Waals surface area contributed by atoms with Crippen molar-refractivity contribution in [2.45, 2.75) is 32.2 Å². The van der Waals surface area contributed by atoms with Crippen molar-refractivity contribution in [1.82, 2.24) is 4.90 Å². The van der Waals surface area contributed by atoms with E-state index in [9.17, 15) is 5.11 Å². The van der Waals surface area contributed by atoms with Gasteiger partial charge in [0.1, 0.15) is 5.75 Å². The Labute approximate surface area is 109 Å². The summed E-state index contributed by atoms with van der Waals surface area (Å²) in [4.78, 5) is 2.47. The van der Waals surface area contributed by atoms with Crippen LogP contribution in [0.2, 0.25) is 0 Å². The molecule has 0 bridgehead atoms. The Morgan fingerprint density at radius 2 is 2.06 bits per heavy atom. The Balaban J connectivity index is 2.31. The van der Waals surface area contributed by atoms with Gasteiger partial charge in [-0.1, -0.05) is 17.7 Å². The van der Waals surface area contributed by atoms with E-state index in [1.807, 2.05) is 6.07 Å². The number of aliphatic hydroxyl groups is 1. The summed E-state index contributed by atoms with van der Waals surface area (Å²) in [5.41, 5.74) is 2.46. The van der Waals surface area contributed by atoms with Crippen LogP contribution in [0.15, 0.2) is 18.2 Å². The van der Waals surface area contributed by atoms with E-state index in [1.165, 1.54) is 24.0 Å². The molecule has 1 aromatic rings. The number of methoxy groups -OCH3 is 1. The molecule has 1 unspecified atom stereocenters. The quantitative estimate of drug-likeness (QED) is 0.870. The second-order valence-electron chi connectivity index (χ2n) is 5.02. The molecule has 0 amide bonds. The van der Waals surface area contributed by atoms with Crippen LogP contribution < -0.4 is 4.74 Å². The zero-order chi connectivity index (χ0) is 13.0. The zero-order valence-corrected chi connectivity index (χ0v) is 11.4. The minimum atomic E-state index is 0.220. The largest absolute Gasteiger partial charge is 0.496 e. The summed E-state index contributed by atoms with van der Waals surface area (Å²) in [5.74, 6) is 0.936. The lowest BCUT2D eigenvalue weighted by molar-refractivity contribution is 0.182. The van der Waals surface area contributed by atoms with Crippen molar-refractivity contribution in [2.24, 2.45) is 0 Å². The van der Waals surface area contributed by atoms with E-state index in [2.05, 4.69) is 24.0 Å². The van der Waals surface area contributed by atoms with Gasteiger partial charge in [-0.05, 0) is 45.3 Å². The molecule has 1 saturated heterocycles. The fourth-order valence-corrected chi connectivity index (χ4v) is 2.82. The minimum Gasteiger partial charge on any atom is -0.496 e. The van der Waals surface area contributed by atoms with Crippen LogP contribution in [0.25, 0.3) is 0 Å². The molecule has 1 atom stereocenters. The number of rotatable bonds is 5. The van der Waals surface area contributed by atoms with Gasteiger partial charge in [-0.25, -0.2) is 0 Å². The maximum atomic E-state index is 9.32. The molecule has 100 valence electrons. The Hall–Kier alpha value is -1.06. The molecule has 3 heteroatoms. The first kappa shape index (κ1) is 13.4. The van der Waals surface area contributed by atoms with E-state index in [0.717, 1.165) is 25.3 Å². The van der Waals surface area contributed by atoms with E-state index in [1.54, 1.807) is 7.11 Å². The molecule has 18 heavy (non-hydrogen) atoms. The monoisotopic (exact) mass is 249 g/mol. The molecule has 0 spiro atoms. The average molecular weight is 249 g/mol. The molecule has 1 aromatic carbocycles. The molecule has 0 saturated carbocycles. The van der Waals surface area contributed by atoms with E-state index < -0.39 is 0 Å². The molecule has 0 radical (unpaired) electrons. The van der Waals surface area contributed by atoms with Crippen molar-refractivity contribution in [1.29, 1.82) is 0 Å². The van der Waals surface area contributed by atoms with Crippen molar-refractivity contribution in [3.05, 3.63) is 29.3 Å². The summed E-state index contributed by atoms with van der Waals surface area (Å²) in [6, 6.07) is 6.58. The van der Waals surface area contributed by atoms with Crippen LogP contribution in [-0.4, -0.2) is 36.8 Å². The van der Waals surface area contributed by atoms with Crippen molar-refractivity contribution in [3.63, 3.8) is 0 Å². The van der Waals surface area contributed by atoms with Crippen LogP contribution in [0.5, 0.6) is 5.75 Å². The van der Waals surface area contributed by atoms with Crippen molar-refractivity contribution in [2.75, 3.05) is 26.8 Å². The Morgan fingerprint density at radius 3 is 2.67 bits per heavy atom. The molecule has 1 aliphatic rings. The Kier molecular flexibility index (Phi) is 4.61. The van der Waals surface area contributed by atoms with Gasteiger partial charge in [0, 0.05) is 18.2 Å². The lowest BCUT2D eigenvalue weighted by Crippen LogP contribution is -2.27. The number of aryl methyl sites for hydroxylation is 1. The van der Waals surface area contributed by atoms with Gasteiger partial charge >= 0.3 is 0 Å². The molecule has 1 fully saturated rings. The van der Waals surface area contributed by atoms with Gasteiger partial charge in [0.05, 0.1) is 7.11 Å². The SMILES string of the molecule is COc1ccc(C)cc1C(CCO)N1CCCC1. The molecular weight excluding hydrogens is 226 g/mol. The van der Waals surface area contributed by atoms with Crippen molar-refractivity contribution >= 4 is 0 Å². The number of aliphatic hydroxyl groups excluding tert-OH is 1. The second-order valence-corrected chi connectivity index (χ2v) is 5.02. The summed E-state index contributed by atoms with van der Waals surface area (Å²) in [6.45, 7) is 4.57. The lowest BCUT2D eigenvalue weighted by Gasteiger charge is -2.29. The molecular formula is C15H23NO2. The van der Waals surface area contributed by atoms with Gasteiger partial charge in [-0.2, -0.15) is 0 Å². The smallest absolute Gasteiger partial charge is 0.123 e. The van der Waals surface area contributed by atoms with Crippen LogP contribution in [0.1, 0.15) is 36.4 Å². The minimum absolute atomic E-state index is 0.220. The van der Waals surface area contributed by atoms with Crippen LogP contribution in [-0.2, 0) is 0 Å². The van der Waals surface area contributed by atoms with E-state index in [4.69, 9.17) is 4.74 Å². The number of nitrogens with zero attached hydrogens (tertiary/aromatic N) is 1. The highest BCUT2D eigenvalue weighted by Crippen LogP contribution is 2.34. The summed E-state index contributed by atoms with van der Waals surface area (Å²) in [5, 5.41) is 9.32. The van der Waals surface area contributed by atoms with Crippen LogP contribution >= 0.6 is 0 Å². The maximum absolute atomic E-state index is 9.32. The summed E-state index contributed by atoms with van der Waals surface area (Å²) < 4.78 is 5.48. The molecule has 3 nitrogen and oxygen atoms in total. The van der Waals surface area contributed by atoms with Gasteiger partial charge in [0.25, 0.3) is 0 Å². The second kappa shape index (κ2) is 6.21. The van der Waals surface area contributed by atoms with Crippen molar-refractivity contribution in [3.8, 4) is 5.75 Å². The topological polar surface area (TPSA) is 32.7 Å². The highest BCUT2D eigenvalue weighted by Gasteiger charge is 2.25. The van der Waals surface area contributed by atoms with Gasteiger partial charge in [-0.15, -0.1) is 0 Å². The van der Waals surface area contributed by atoms with Gasteiger partial charge < -0.3 is 9.84 Å². The first-order valence-corrected chi connectivity index (χ1v) is 6.75. The predicted octanol–water partition coefficient (Wildman–Crippen LogP) is 2.52. The summed E-state index contributed by atoms with van der Waals surface area (Å²) >= 11 is 0. The zero-order valence-electron chi connectivity index (χ0n) is 11.4. The highest BCUT2D eigenvalue weighted by atomic mass is 16.5. The van der Waals surface area contributed by atoms with Gasteiger partial charge in [0.15, 0.2) is 0 Å². The predicted molar refractivity (Wildman–Crippen MR) is 73.0 cm³/mol. The summed E-state index contributed by atoms with van der Waals surface area (Å²) in [7, 11) is 1.72. The third-order valence-electron chi connectivity index (χ3n) is 3.73. The molecule has 2 rings (SSSR count). The molecule has 1 aliphatic heterocycles. The van der Waals surface area contributed by atoms with E-state index in [0.29, 0.717) is 0 Å². The number of ether oxygens (including phenoxy) is 1. The summed E-state index contributed by atoms with van der Waals surface area (Å²) in [6.07, 6.45) is 3.30. The van der Waals surface area contributed by atoms with Gasteiger partial charge in [0.2, 0.25) is 0 Å². The van der Waals surface area contributed by atoms with Crippen LogP contribution in [0.3, 0.4) is 0 Å². The Morgan fingerprint density at radius 1 is 1.33 bits per heavy atom. The number of hydrogen-bond acceptors (Lipinski definition) is 3. The Bertz CT molecular complexity index is 386. The average Bonchev–Trinajstić information content (AvgIpc) is 2.89. The van der Waals surface area contributed by atoms with Crippen LogP contribution in [0, 0.1) is 6.92 Å². The standard InChI is InChI=1S/C15H23NO2/c1-12-5-6-15(18-2)13(11-12)14(7-10-17)16-8-3-4-9-16/h5-6,11,14,17H,3-4,7-10H2,1-2H3. The maximum Gasteiger partial charge on any atom is 0.123 e. The van der Waals surface area contributed by atoms with E-state index in [-0.39, 0.29) is 12.6 Å². The molecule has 0 aromatic heterocycles. The number of hydrogen-bond donors (Lipinski definition) is 1. The highest BCUT2D eigenvalue weighted by molar-refractivity contribution is 5.39. The normalized spacial score (nSPS) is 17.9. The fraction of sp³-hybridized carbons (Fsp3) is 0.600. The third kappa shape index (κ3) is 2.85. The first-order chi connectivity index (χ1) is 8.76. The third-order valence-corrected chi connectivity index (χ3v) is 3.73. The number of likely N-dealkylation sites (tertiary alicyclic amines) is 1. The van der Waals surface area contributed by atoms with Crippen molar-refractivity contribution < 1.29 is 9.84 Å². The number of benzene rings is 1.